The Morgan fingerprint density at radius 3 is 2.33 bits per heavy atom. The molecular formula is C26H28BrN3O5S. The first-order valence-electron chi connectivity index (χ1n) is 11.1. The molecule has 0 aliphatic carbocycles. The molecule has 0 saturated carbocycles. The van der Waals surface area contributed by atoms with Gasteiger partial charge in [-0.1, -0.05) is 52.3 Å². The molecule has 0 radical (unpaired) electrons. The summed E-state index contributed by atoms with van der Waals surface area (Å²) in [4.78, 5) is 27.6. The van der Waals surface area contributed by atoms with Crippen LogP contribution in [0.1, 0.15) is 12.5 Å². The minimum Gasteiger partial charge on any atom is -0.497 e. The second-order valence-electron chi connectivity index (χ2n) is 7.97. The number of anilines is 1. The summed E-state index contributed by atoms with van der Waals surface area (Å²) < 4.78 is 34.5. The topological polar surface area (TPSA) is 96.0 Å². The van der Waals surface area contributed by atoms with E-state index in [4.69, 9.17) is 4.74 Å². The van der Waals surface area contributed by atoms with Crippen LogP contribution in [-0.2, 0) is 26.2 Å². The van der Waals surface area contributed by atoms with Crippen molar-refractivity contribution in [2.45, 2.75) is 24.4 Å². The van der Waals surface area contributed by atoms with Gasteiger partial charge in [0.15, 0.2) is 0 Å². The molecule has 3 aromatic carbocycles. The smallest absolute Gasteiger partial charge is 0.264 e. The number of hydrogen-bond acceptors (Lipinski definition) is 5. The molecule has 0 spiro atoms. The molecule has 0 aliphatic rings. The van der Waals surface area contributed by atoms with Gasteiger partial charge in [0, 0.05) is 24.1 Å². The van der Waals surface area contributed by atoms with E-state index < -0.39 is 28.5 Å². The third kappa shape index (κ3) is 6.44. The molecule has 0 bridgehead atoms. The molecule has 10 heteroatoms. The van der Waals surface area contributed by atoms with E-state index in [1.54, 1.807) is 49.4 Å². The number of ether oxygens (including phenoxy) is 1. The summed E-state index contributed by atoms with van der Waals surface area (Å²) in [5.41, 5.74) is 1.05. The van der Waals surface area contributed by atoms with Crippen molar-refractivity contribution in [3.63, 3.8) is 0 Å². The van der Waals surface area contributed by atoms with Crippen molar-refractivity contribution in [3.8, 4) is 5.75 Å². The summed E-state index contributed by atoms with van der Waals surface area (Å²) in [5.74, 6) is -0.455. The van der Waals surface area contributed by atoms with Gasteiger partial charge in [-0.05, 0) is 48.9 Å². The van der Waals surface area contributed by atoms with Crippen LogP contribution in [0.3, 0.4) is 0 Å². The van der Waals surface area contributed by atoms with Crippen molar-refractivity contribution in [1.29, 1.82) is 0 Å². The van der Waals surface area contributed by atoms with Crippen LogP contribution in [0.4, 0.5) is 5.69 Å². The number of hydrogen-bond donors (Lipinski definition) is 1. The van der Waals surface area contributed by atoms with E-state index in [-0.39, 0.29) is 23.0 Å². The maximum absolute atomic E-state index is 13.7. The number of likely N-dealkylation sites (N-methyl/N-ethyl adjacent to an activating group) is 1. The molecule has 3 aromatic rings. The summed E-state index contributed by atoms with van der Waals surface area (Å²) in [6.45, 7) is 1.21. The quantitative estimate of drug-likeness (QED) is 0.398. The normalized spacial score (nSPS) is 11.9. The van der Waals surface area contributed by atoms with Gasteiger partial charge in [-0.25, -0.2) is 8.42 Å². The fraction of sp³-hybridized carbons (Fsp3) is 0.231. The van der Waals surface area contributed by atoms with Crippen molar-refractivity contribution >= 4 is 43.5 Å². The molecule has 0 aromatic heterocycles. The first-order valence-corrected chi connectivity index (χ1v) is 13.4. The summed E-state index contributed by atoms with van der Waals surface area (Å²) in [6.07, 6.45) is 0. The summed E-state index contributed by atoms with van der Waals surface area (Å²) in [7, 11) is -1.15. The molecule has 36 heavy (non-hydrogen) atoms. The van der Waals surface area contributed by atoms with Gasteiger partial charge in [0.25, 0.3) is 10.0 Å². The molecule has 0 aliphatic heterocycles. The third-order valence-electron chi connectivity index (χ3n) is 5.61. The van der Waals surface area contributed by atoms with Gasteiger partial charge in [0.05, 0.1) is 17.7 Å². The van der Waals surface area contributed by atoms with Crippen molar-refractivity contribution < 1.29 is 22.7 Å². The first kappa shape index (κ1) is 27.2. The van der Waals surface area contributed by atoms with Crippen molar-refractivity contribution in [2.75, 3.05) is 25.0 Å². The number of methoxy groups -OCH3 is 1. The van der Waals surface area contributed by atoms with Crippen molar-refractivity contribution in [2.24, 2.45) is 0 Å². The maximum atomic E-state index is 13.7. The van der Waals surface area contributed by atoms with Gasteiger partial charge in [0.2, 0.25) is 11.8 Å². The van der Waals surface area contributed by atoms with E-state index in [0.717, 1.165) is 14.3 Å². The lowest BCUT2D eigenvalue weighted by molar-refractivity contribution is -0.139. The second-order valence-corrected chi connectivity index (χ2v) is 10.7. The lowest BCUT2D eigenvalue weighted by Gasteiger charge is -2.31. The largest absolute Gasteiger partial charge is 0.497 e. The van der Waals surface area contributed by atoms with Gasteiger partial charge < -0.3 is 15.0 Å². The molecule has 0 fully saturated rings. The monoisotopic (exact) mass is 573 g/mol. The van der Waals surface area contributed by atoms with E-state index in [1.165, 1.54) is 31.2 Å². The molecule has 190 valence electrons. The van der Waals surface area contributed by atoms with E-state index >= 15 is 0 Å². The molecular weight excluding hydrogens is 546 g/mol. The van der Waals surface area contributed by atoms with Gasteiger partial charge in [-0.15, -0.1) is 0 Å². The number of carbonyl (C=O) groups excluding carboxylic acids is 2. The number of sulfonamides is 1. The minimum atomic E-state index is -4.12. The molecule has 2 amide bonds. The van der Waals surface area contributed by atoms with Gasteiger partial charge >= 0.3 is 0 Å². The highest BCUT2D eigenvalue weighted by atomic mass is 79.9. The molecule has 0 heterocycles. The van der Waals surface area contributed by atoms with Crippen molar-refractivity contribution in [1.82, 2.24) is 10.2 Å². The molecule has 8 nitrogen and oxygen atoms in total. The van der Waals surface area contributed by atoms with Crippen LogP contribution in [0.5, 0.6) is 5.75 Å². The van der Waals surface area contributed by atoms with Crippen LogP contribution in [0.25, 0.3) is 0 Å². The standard InChI is InChI=1S/C26H28BrN3O5S/c1-19(26(32)28-2)29(17-20-9-7-10-21(27)15-20)25(31)18-30(22-11-8-12-23(16-22)35-3)36(33,34)24-13-5-4-6-14-24/h4-16,19H,17-18H2,1-3H3,(H,28,32)/t19-/m1/s1. The fourth-order valence-electron chi connectivity index (χ4n) is 3.64. The number of carbonyl (C=O) groups is 2. The Kier molecular flexibility index (Phi) is 9.11. The van der Waals surface area contributed by atoms with E-state index in [2.05, 4.69) is 21.2 Å². The highest BCUT2D eigenvalue weighted by Crippen LogP contribution is 2.27. The molecule has 0 unspecified atom stereocenters. The van der Waals surface area contributed by atoms with Crippen LogP contribution < -0.4 is 14.4 Å². The van der Waals surface area contributed by atoms with E-state index in [0.29, 0.717) is 5.75 Å². The van der Waals surface area contributed by atoms with Crippen LogP contribution in [-0.4, -0.2) is 51.9 Å². The lowest BCUT2D eigenvalue weighted by Crippen LogP contribution is -2.50. The molecule has 0 saturated heterocycles. The maximum Gasteiger partial charge on any atom is 0.264 e. The van der Waals surface area contributed by atoms with Crippen LogP contribution in [0, 0.1) is 0 Å². The number of nitrogens with one attached hydrogen (secondary N) is 1. The van der Waals surface area contributed by atoms with Gasteiger partial charge in [-0.2, -0.15) is 0 Å². The third-order valence-corrected chi connectivity index (χ3v) is 7.89. The summed E-state index contributed by atoms with van der Waals surface area (Å²) >= 11 is 3.42. The summed E-state index contributed by atoms with van der Waals surface area (Å²) in [6, 6.07) is 20.9. The second kappa shape index (κ2) is 12.0. The number of nitrogens with zero attached hydrogens (tertiary/aromatic N) is 2. The predicted molar refractivity (Wildman–Crippen MR) is 142 cm³/mol. The van der Waals surface area contributed by atoms with Crippen molar-refractivity contribution in [3.05, 3.63) is 88.9 Å². The average Bonchev–Trinajstić information content (AvgIpc) is 2.89. The number of halogens is 1. The highest BCUT2D eigenvalue weighted by molar-refractivity contribution is 9.10. The molecule has 1 atom stereocenters. The SMILES string of the molecule is CNC(=O)[C@@H](C)N(Cc1cccc(Br)c1)C(=O)CN(c1cccc(OC)c1)S(=O)(=O)c1ccccc1. The fourth-order valence-corrected chi connectivity index (χ4v) is 5.51. The van der Waals surface area contributed by atoms with E-state index in [9.17, 15) is 18.0 Å². The van der Waals surface area contributed by atoms with E-state index in [1.807, 2.05) is 24.3 Å². The zero-order chi connectivity index (χ0) is 26.3. The highest BCUT2D eigenvalue weighted by Gasteiger charge is 2.32. The lowest BCUT2D eigenvalue weighted by atomic mass is 10.1. The first-order chi connectivity index (χ1) is 17.2. The Hall–Kier alpha value is -3.37. The Balaban J connectivity index is 2.04. The zero-order valence-corrected chi connectivity index (χ0v) is 22.6. The number of benzene rings is 3. The predicted octanol–water partition coefficient (Wildman–Crippen LogP) is 3.82. The average molecular weight is 574 g/mol. The van der Waals surface area contributed by atoms with Crippen LogP contribution >= 0.6 is 15.9 Å². The van der Waals surface area contributed by atoms with Gasteiger partial charge in [0.1, 0.15) is 18.3 Å². The number of amides is 2. The minimum absolute atomic E-state index is 0.0403. The Labute approximate surface area is 220 Å². The zero-order valence-electron chi connectivity index (χ0n) is 20.2. The van der Waals surface area contributed by atoms with Gasteiger partial charge in [-0.3, -0.25) is 13.9 Å². The van der Waals surface area contributed by atoms with Crippen LogP contribution in [0.15, 0.2) is 88.2 Å². The number of rotatable bonds is 10. The molecule has 3 rings (SSSR count). The van der Waals surface area contributed by atoms with Crippen LogP contribution in [0.2, 0.25) is 0 Å². The summed E-state index contributed by atoms with van der Waals surface area (Å²) in [5, 5.41) is 2.56. The Morgan fingerprint density at radius 1 is 1.00 bits per heavy atom. The Bertz CT molecular complexity index is 1320. The molecule has 1 N–H and O–H groups in total. The Morgan fingerprint density at radius 2 is 1.69 bits per heavy atom.